The van der Waals surface area contributed by atoms with Gasteiger partial charge in [-0.2, -0.15) is 9.97 Å². The van der Waals surface area contributed by atoms with Crippen LogP contribution in [0.15, 0.2) is 24.3 Å². The fourth-order valence-electron chi connectivity index (χ4n) is 2.66. The highest BCUT2D eigenvalue weighted by Gasteiger charge is 2.27. The third-order valence-corrected chi connectivity index (χ3v) is 4.06. The van der Waals surface area contributed by atoms with Crippen LogP contribution >= 0.6 is 0 Å². The molecule has 1 aromatic carbocycles. The van der Waals surface area contributed by atoms with E-state index in [1.54, 1.807) is 4.90 Å². The minimum atomic E-state index is -0.539. The molecule has 1 aliphatic rings. The quantitative estimate of drug-likeness (QED) is 0.803. The molecule has 7 nitrogen and oxygen atoms in total. The molecule has 0 aliphatic carbocycles. The third kappa shape index (κ3) is 3.81. The van der Waals surface area contributed by atoms with Crippen molar-refractivity contribution >= 4 is 11.9 Å². The van der Waals surface area contributed by atoms with Crippen LogP contribution in [0.25, 0.3) is 0 Å². The summed E-state index contributed by atoms with van der Waals surface area (Å²) in [5, 5.41) is 0. The van der Waals surface area contributed by atoms with E-state index in [0.717, 1.165) is 18.2 Å². The smallest absolute Gasteiger partial charge is 0.242 e. The third-order valence-electron chi connectivity index (χ3n) is 4.06. The highest BCUT2D eigenvalue weighted by molar-refractivity contribution is 5.82. The maximum atomic E-state index is 13.8. The molecule has 0 spiro atoms. The maximum Gasteiger partial charge on any atom is 0.242 e. The zero-order chi connectivity index (χ0) is 18.7. The van der Waals surface area contributed by atoms with Crippen LogP contribution in [0.1, 0.15) is 5.56 Å². The van der Waals surface area contributed by atoms with Crippen LogP contribution in [0, 0.1) is 11.6 Å². The van der Waals surface area contributed by atoms with E-state index in [-0.39, 0.29) is 24.6 Å². The first-order valence-electron chi connectivity index (χ1n) is 7.94. The first kappa shape index (κ1) is 17.8. The number of piperazine rings is 1. The summed E-state index contributed by atoms with van der Waals surface area (Å²) in [5.41, 5.74) is 0.145. The van der Waals surface area contributed by atoms with Crippen molar-refractivity contribution in [1.82, 2.24) is 14.9 Å². The van der Waals surface area contributed by atoms with E-state index >= 15 is 0 Å². The standard InChI is InChI=1S/C17H18F2N4O3/c1-25-14-8-15(26-2)21-17(20-14)23-6-5-22(16(24)10-23)9-11-7-12(18)3-4-13(11)19/h3-4,7-8H,5-6,9-10H2,1-2H3. The Labute approximate surface area is 149 Å². The van der Waals surface area contributed by atoms with E-state index in [1.165, 1.54) is 25.2 Å². The van der Waals surface area contributed by atoms with E-state index in [9.17, 15) is 13.6 Å². The average molecular weight is 364 g/mol. The Morgan fingerprint density at radius 1 is 1.08 bits per heavy atom. The van der Waals surface area contributed by atoms with E-state index in [4.69, 9.17) is 9.47 Å². The lowest BCUT2D eigenvalue weighted by atomic mass is 10.1. The molecule has 3 rings (SSSR count). The van der Waals surface area contributed by atoms with Gasteiger partial charge in [0.1, 0.15) is 18.2 Å². The average Bonchev–Trinajstić information content (AvgIpc) is 2.65. The van der Waals surface area contributed by atoms with Gasteiger partial charge in [0, 0.05) is 25.2 Å². The topological polar surface area (TPSA) is 67.8 Å². The number of aromatic nitrogens is 2. The lowest BCUT2D eigenvalue weighted by molar-refractivity contribution is -0.131. The van der Waals surface area contributed by atoms with Crippen LogP contribution in [-0.4, -0.2) is 54.6 Å². The van der Waals surface area contributed by atoms with Crippen molar-refractivity contribution < 1.29 is 23.0 Å². The summed E-state index contributed by atoms with van der Waals surface area (Å²) in [6.45, 7) is 0.808. The minimum absolute atomic E-state index is 0.0125. The van der Waals surface area contributed by atoms with Gasteiger partial charge < -0.3 is 19.3 Å². The van der Waals surface area contributed by atoms with Crippen LogP contribution in [-0.2, 0) is 11.3 Å². The molecule has 26 heavy (non-hydrogen) atoms. The highest BCUT2D eigenvalue weighted by Crippen LogP contribution is 2.22. The highest BCUT2D eigenvalue weighted by atomic mass is 19.1. The Morgan fingerprint density at radius 2 is 1.77 bits per heavy atom. The molecule has 1 amide bonds. The predicted octanol–water partition coefficient (Wildman–Crippen LogP) is 1.62. The Morgan fingerprint density at radius 3 is 2.38 bits per heavy atom. The predicted molar refractivity (Wildman–Crippen MR) is 89.1 cm³/mol. The Bertz CT molecular complexity index is 796. The summed E-state index contributed by atoms with van der Waals surface area (Å²) in [7, 11) is 2.95. The van der Waals surface area contributed by atoms with Gasteiger partial charge in [0.15, 0.2) is 0 Å². The van der Waals surface area contributed by atoms with Gasteiger partial charge in [0.25, 0.3) is 0 Å². The largest absolute Gasteiger partial charge is 0.481 e. The lowest BCUT2D eigenvalue weighted by Gasteiger charge is -2.34. The first-order valence-corrected chi connectivity index (χ1v) is 7.94. The molecule has 1 saturated heterocycles. The number of rotatable bonds is 5. The first-order chi connectivity index (χ1) is 12.5. The summed E-state index contributed by atoms with van der Waals surface area (Å²) >= 11 is 0. The zero-order valence-electron chi connectivity index (χ0n) is 14.4. The monoisotopic (exact) mass is 364 g/mol. The van der Waals surface area contributed by atoms with Crippen molar-refractivity contribution in [3.63, 3.8) is 0 Å². The SMILES string of the molecule is COc1cc(OC)nc(N2CCN(Cc3cc(F)ccc3F)C(=O)C2)n1. The number of anilines is 1. The number of methoxy groups -OCH3 is 2. The van der Waals surface area contributed by atoms with Gasteiger partial charge in [-0.25, -0.2) is 8.78 Å². The molecule has 0 saturated carbocycles. The number of amides is 1. The normalized spacial score (nSPS) is 14.5. The lowest BCUT2D eigenvalue weighted by Crippen LogP contribution is -2.50. The summed E-state index contributed by atoms with van der Waals surface area (Å²) in [4.78, 5) is 24.1. The van der Waals surface area contributed by atoms with Gasteiger partial charge >= 0.3 is 0 Å². The van der Waals surface area contributed by atoms with Crippen molar-refractivity contribution in [1.29, 1.82) is 0 Å². The fourth-order valence-corrected chi connectivity index (χ4v) is 2.66. The number of halogens is 2. The maximum absolute atomic E-state index is 13.8. The molecular formula is C17H18F2N4O3. The van der Waals surface area contributed by atoms with Gasteiger partial charge in [-0.05, 0) is 18.2 Å². The van der Waals surface area contributed by atoms with Gasteiger partial charge in [0.2, 0.25) is 23.6 Å². The molecule has 2 aromatic rings. The van der Waals surface area contributed by atoms with E-state index in [2.05, 4.69) is 9.97 Å². The molecule has 0 radical (unpaired) electrons. The van der Waals surface area contributed by atoms with E-state index in [1.807, 2.05) is 0 Å². The molecule has 0 atom stereocenters. The van der Waals surface area contributed by atoms with Crippen LogP contribution in [0.4, 0.5) is 14.7 Å². The number of hydrogen-bond donors (Lipinski definition) is 0. The molecule has 0 N–H and O–H groups in total. The van der Waals surface area contributed by atoms with E-state index < -0.39 is 11.6 Å². The Balaban J connectivity index is 1.72. The second kappa shape index (κ2) is 7.51. The van der Waals surface area contributed by atoms with Gasteiger partial charge in [-0.3, -0.25) is 4.79 Å². The summed E-state index contributed by atoms with van der Waals surface area (Å²) in [6.07, 6.45) is 0. The minimum Gasteiger partial charge on any atom is -0.481 e. The van der Waals surface area contributed by atoms with E-state index in [0.29, 0.717) is 30.8 Å². The second-order valence-electron chi connectivity index (χ2n) is 5.73. The molecular weight excluding hydrogens is 346 g/mol. The molecule has 2 heterocycles. The van der Waals surface area contributed by atoms with Crippen LogP contribution in [0.5, 0.6) is 11.8 Å². The van der Waals surface area contributed by atoms with Crippen LogP contribution in [0.2, 0.25) is 0 Å². The van der Waals surface area contributed by atoms with Crippen LogP contribution < -0.4 is 14.4 Å². The summed E-state index contributed by atoms with van der Waals surface area (Å²) in [5.74, 6) is -0.351. The molecule has 138 valence electrons. The molecule has 0 bridgehead atoms. The van der Waals surface area contributed by atoms with Crippen molar-refractivity contribution in [3.05, 3.63) is 41.5 Å². The van der Waals surface area contributed by atoms with Crippen molar-refractivity contribution in [3.8, 4) is 11.8 Å². The molecule has 1 aromatic heterocycles. The zero-order valence-corrected chi connectivity index (χ0v) is 14.4. The Kier molecular flexibility index (Phi) is 5.15. The summed E-state index contributed by atoms with van der Waals surface area (Å²) in [6, 6.07) is 4.74. The number of nitrogens with zero attached hydrogens (tertiary/aromatic N) is 4. The molecule has 9 heteroatoms. The molecule has 1 fully saturated rings. The van der Waals surface area contributed by atoms with Crippen molar-refractivity contribution in [2.75, 3.05) is 38.8 Å². The molecule has 1 aliphatic heterocycles. The number of ether oxygens (including phenoxy) is 2. The number of carbonyl (C=O) groups excluding carboxylic acids is 1. The van der Waals surface area contributed by atoms with Gasteiger partial charge in [-0.1, -0.05) is 0 Å². The molecule has 0 unspecified atom stereocenters. The van der Waals surface area contributed by atoms with Crippen LogP contribution in [0.3, 0.4) is 0 Å². The van der Waals surface area contributed by atoms with Crippen molar-refractivity contribution in [2.45, 2.75) is 6.54 Å². The number of hydrogen-bond acceptors (Lipinski definition) is 6. The van der Waals surface area contributed by atoms with Crippen molar-refractivity contribution in [2.24, 2.45) is 0 Å². The summed E-state index contributed by atoms with van der Waals surface area (Å²) < 4.78 is 37.3. The number of benzene rings is 1. The van der Waals surface area contributed by atoms with Gasteiger partial charge in [0.05, 0.1) is 20.3 Å². The Hall–Kier alpha value is -2.97. The fraction of sp³-hybridized carbons (Fsp3) is 0.353. The second-order valence-corrected chi connectivity index (χ2v) is 5.73. The van der Waals surface area contributed by atoms with Gasteiger partial charge in [-0.15, -0.1) is 0 Å². The number of carbonyl (C=O) groups is 1.